The largest absolute Gasteiger partial charge is 0.350 e. The van der Waals surface area contributed by atoms with Crippen molar-refractivity contribution in [1.82, 2.24) is 31.5 Å². The number of carbonyl (C=O) groups is 8. The van der Waals surface area contributed by atoms with Gasteiger partial charge in [-0.15, -0.1) is 0 Å². The number of hydrogen-bond donors (Lipinski definition) is 5. The molecule has 1 aromatic rings. The fraction of sp³-hybridized carbons (Fsp3) is 0.641. The third-order valence-electron chi connectivity index (χ3n) is 10.4. The highest BCUT2D eigenvalue weighted by Crippen LogP contribution is 2.36. The number of ether oxygens (including phenoxy) is 1. The predicted molar refractivity (Wildman–Crippen MR) is 197 cm³/mol. The van der Waals surface area contributed by atoms with E-state index in [0.717, 1.165) is 18.4 Å². The van der Waals surface area contributed by atoms with Crippen molar-refractivity contribution in [2.75, 3.05) is 32.9 Å². The van der Waals surface area contributed by atoms with E-state index >= 15 is 0 Å². The van der Waals surface area contributed by atoms with Gasteiger partial charge < -0.3 is 31.3 Å². The Hall–Kier alpha value is -4.66. The number of amides is 7. The molecular formula is C39H56N6O9. The van der Waals surface area contributed by atoms with E-state index in [1.165, 1.54) is 4.90 Å². The highest BCUT2D eigenvalue weighted by atomic mass is 16.5. The Morgan fingerprint density at radius 3 is 2.02 bits per heavy atom. The van der Waals surface area contributed by atoms with Crippen LogP contribution in [0, 0.1) is 35.5 Å². The van der Waals surface area contributed by atoms with Gasteiger partial charge in [-0.2, -0.15) is 0 Å². The maximum atomic E-state index is 13.1. The van der Waals surface area contributed by atoms with Crippen LogP contribution in [-0.4, -0.2) is 97.1 Å². The molecule has 54 heavy (non-hydrogen) atoms. The zero-order valence-electron chi connectivity index (χ0n) is 31.8. The summed E-state index contributed by atoms with van der Waals surface area (Å²) < 4.78 is 5.66. The molecule has 5 N–H and O–H groups in total. The van der Waals surface area contributed by atoms with Crippen molar-refractivity contribution >= 4 is 47.1 Å². The Morgan fingerprint density at radius 2 is 1.41 bits per heavy atom. The predicted octanol–water partition coefficient (Wildman–Crippen LogP) is 0.994. The minimum Gasteiger partial charge on any atom is -0.350 e. The van der Waals surface area contributed by atoms with Crippen LogP contribution in [0.5, 0.6) is 0 Å². The molecule has 2 saturated carbocycles. The molecule has 0 bridgehead atoms. The monoisotopic (exact) mass is 752 g/mol. The second-order valence-corrected chi connectivity index (χ2v) is 15.4. The quantitative estimate of drug-likeness (QED) is 0.0950. The molecule has 1 saturated heterocycles. The van der Waals surface area contributed by atoms with Gasteiger partial charge >= 0.3 is 0 Å². The molecule has 3 aliphatic rings. The fourth-order valence-corrected chi connectivity index (χ4v) is 6.89. The molecule has 3 fully saturated rings. The number of ketones is 1. The van der Waals surface area contributed by atoms with E-state index in [1.807, 2.05) is 19.9 Å². The van der Waals surface area contributed by atoms with E-state index in [9.17, 15) is 38.4 Å². The van der Waals surface area contributed by atoms with Crippen LogP contribution in [0.2, 0.25) is 0 Å². The Morgan fingerprint density at radius 1 is 0.778 bits per heavy atom. The lowest BCUT2D eigenvalue weighted by molar-refractivity contribution is -0.141. The molecule has 3 atom stereocenters. The van der Waals surface area contributed by atoms with Crippen LogP contribution in [0.4, 0.5) is 0 Å². The molecule has 1 heterocycles. The average Bonchev–Trinajstić information content (AvgIpc) is 3.95. The van der Waals surface area contributed by atoms with Gasteiger partial charge in [0.1, 0.15) is 18.9 Å². The highest BCUT2D eigenvalue weighted by molar-refractivity contribution is 6.03. The standard InChI is InChI=1S/C39H56N6O9/c1-23(2)29-17-34(49)45(39(29)53)21-26-10-12-28(13-11-26)37(51)41-18-31(46)40-20-33(48)44-30(16-25-8-6-5-7-9-25)38(52)42-19-32(47)43-22-54-36(27-14-15-27)35(50)24(3)4/h5-9,23-24,26-30,36H,10-22H2,1-4H3,(H,40,46)(H,41,51)(H,42,52)(H,43,47)(H,44,48)/t26?,28?,29?,30-,36?/m0/s1. The first-order valence-corrected chi connectivity index (χ1v) is 19.1. The number of carbonyl (C=O) groups excluding carboxylic acids is 8. The number of nitrogens with zero attached hydrogens (tertiary/aromatic N) is 1. The van der Waals surface area contributed by atoms with Crippen LogP contribution in [0.15, 0.2) is 30.3 Å². The molecule has 15 heteroatoms. The van der Waals surface area contributed by atoms with Crippen LogP contribution in [0.3, 0.4) is 0 Å². The Labute approximate surface area is 316 Å². The molecule has 0 radical (unpaired) electrons. The van der Waals surface area contributed by atoms with Crippen molar-refractivity contribution in [2.24, 2.45) is 35.5 Å². The summed E-state index contributed by atoms with van der Waals surface area (Å²) >= 11 is 0. The summed E-state index contributed by atoms with van der Waals surface area (Å²) in [5, 5.41) is 12.8. The van der Waals surface area contributed by atoms with Gasteiger partial charge in [0.25, 0.3) is 0 Å². The van der Waals surface area contributed by atoms with Crippen LogP contribution in [0.25, 0.3) is 0 Å². The number of Topliss-reactive ketones (excluding diaryl/α,β-unsaturated/α-hetero) is 1. The highest BCUT2D eigenvalue weighted by Gasteiger charge is 2.41. The van der Waals surface area contributed by atoms with Crippen LogP contribution in [-0.2, 0) is 49.5 Å². The molecule has 296 valence electrons. The minimum absolute atomic E-state index is 0.0108. The maximum absolute atomic E-state index is 13.1. The Kier molecular flexibility index (Phi) is 15.7. The fourth-order valence-electron chi connectivity index (χ4n) is 6.89. The summed E-state index contributed by atoms with van der Waals surface area (Å²) in [4.78, 5) is 103. The lowest BCUT2D eigenvalue weighted by atomic mass is 9.81. The minimum atomic E-state index is -1.06. The lowest BCUT2D eigenvalue weighted by Gasteiger charge is -2.30. The van der Waals surface area contributed by atoms with Crippen molar-refractivity contribution in [3.8, 4) is 0 Å². The lowest BCUT2D eigenvalue weighted by Crippen LogP contribution is -2.52. The normalized spacial score (nSPS) is 21.0. The molecule has 0 aromatic heterocycles. The van der Waals surface area contributed by atoms with E-state index in [-0.39, 0.29) is 91.7 Å². The summed E-state index contributed by atoms with van der Waals surface area (Å²) in [7, 11) is 0. The van der Waals surface area contributed by atoms with Crippen LogP contribution < -0.4 is 26.6 Å². The number of likely N-dealkylation sites (tertiary alicyclic amines) is 1. The molecule has 2 aliphatic carbocycles. The van der Waals surface area contributed by atoms with E-state index in [4.69, 9.17) is 4.74 Å². The second kappa shape index (κ2) is 20.1. The molecule has 4 rings (SSSR count). The topological polar surface area (TPSA) is 209 Å². The van der Waals surface area contributed by atoms with Crippen molar-refractivity contribution < 1.29 is 43.1 Å². The van der Waals surface area contributed by atoms with Gasteiger partial charge in [0, 0.05) is 37.1 Å². The molecule has 1 aromatic carbocycles. The molecule has 0 spiro atoms. The number of rotatable bonds is 20. The first kappa shape index (κ1) is 42.1. The van der Waals surface area contributed by atoms with E-state index < -0.39 is 42.3 Å². The average molecular weight is 753 g/mol. The van der Waals surface area contributed by atoms with Crippen molar-refractivity contribution in [1.29, 1.82) is 0 Å². The number of imide groups is 1. The van der Waals surface area contributed by atoms with Gasteiger partial charge in [-0.05, 0) is 61.8 Å². The van der Waals surface area contributed by atoms with Gasteiger partial charge in [-0.25, -0.2) is 0 Å². The van der Waals surface area contributed by atoms with E-state index in [0.29, 0.717) is 32.2 Å². The van der Waals surface area contributed by atoms with Crippen molar-refractivity contribution in [3.63, 3.8) is 0 Å². The number of benzene rings is 1. The molecule has 1 aliphatic heterocycles. The first-order valence-electron chi connectivity index (χ1n) is 19.1. The summed E-state index contributed by atoms with van der Waals surface area (Å²) in [6, 6.07) is 7.92. The smallest absolute Gasteiger partial charge is 0.243 e. The maximum Gasteiger partial charge on any atom is 0.243 e. The Balaban J connectivity index is 1.16. The molecule has 15 nitrogen and oxygen atoms in total. The van der Waals surface area contributed by atoms with Crippen LogP contribution in [0.1, 0.15) is 78.2 Å². The van der Waals surface area contributed by atoms with Gasteiger partial charge in [0.05, 0.1) is 19.6 Å². The zero-order chi connectivity index (χ0) is 39.4. The second-order valence-electron chi connectivity index (χ2n) is 15.4. The number of hydrogen-bond acceptors (Lipinski definition) is 9. The summed E-state index contributed by atoms with van der Waals surface area (Å²) in [6.07, 6.45) is 4.13. The molecule has 2 unspecified atom stereocenters. The summed E-state index contributed by atoms with van der Waals surface area (Å²) in [5.74, 6) is -3.25. The Bertz CT molecular complexity index is 1520. The van der Waals surface area contributed by atoms with Gasteiger partial charge in [-0.3, -0.25) is 43.3 Å². The first-order chi connectivity index (χ1) is 25.7. The molecule has 7 amide bonds. The third-order valence-corrected chi connectivity index (χ3v) is 10.4. The van der Waals surface area contributed by atoms with Gasteiger partial charge in [0.15, 0.2) is 5.78 Å². The summed E-state index contributed by atoms with van der Waals surface area (Å²) in [5.41, 5.74) is 0.760. The third kappa shape index (κ3) is 12.7. The van der Waals surface area contributed by atoms with Crippen molar-refractivity contribution in [3.05, 3.63) is 35.9 Å². The SMILES string of the molecule is CC(C)C(=O)C(OCNC(=O)CNC(=O)[C@H](Cc1ccccc1)NC(=O)CNC(=O)CNC(=O)C1CCC(CN2C(=O)CC(C(C)C)C2=O)CC1)C1CC1. The van der Waals surface area contributed by atoms with E-state index in [1.54, 1.807) is 38.1 Å². The molecular weight excluding hydrogens is 696 g/mol. The van der Waals surface area contributed by atoms with Crippen LogP contribution >= 0.6 is 0 Å². The van der Waals surface area contributed by atoms with Gasteiger partial charge in [-0.1, -0.05) is 58.0 Å². The van der Waals surface area contributed by atoms with Crippen molar-refractivity contribution in [2.45, 2.75) is 91.2 Å². The number of nitrogens with one attached hydrogen (secondary N) is 5. The van der Waals surface area contributed by atoms with E-state index in [2.05, 4.69) is 26.6 Å². The zero-order valence-corrected chi connectivity index (χ0v) is 31.8. The summed E-state index contributed by atoms with van der Waals surface area (Å²) in [6.45, 7) is 6.52. The van der Waals surface area contributed by atoms with Gasteiger partial charge in [0.2, 0.25) is 41.4 Å².